The highest BCUT2D eigenvalue weighted by Crippen LogP contribution is 2.66. The van der Waals surface area contributed by atoms with Crippen molar-refractivity contribution in [2.24, 2.45) is 34.5 Å². The molecule has 0 aromatic rings. The van der Waals surface area contributed by atoms with Gasteiger partial charge in [-0.3, -0.25) is 9.35 Å². The first-order valence-electron chi connectivity index (χ1n) is 30.0. The molecule has 36 atom stereocenters. The fourth-order valence-corrected chi connectivity index (χ4v) is 16.2. The summed E-state index contributed by atoms with van der Waals surface area (Å²) in [6.07, 6.45) is -44.7. The number of hydrogen-bond acceptors (Lipinski definition) is 30. The van der Waals surface area contributed by atoms with Crippen molar-refractivity contribution in [1.29, 1.82) is 0 Å². The van der Waals surface area contributed by atoms with Crippen LogP contribution >= 0.6 is 0 Å². The predicted molar refractivity (Wildman–Crippen MR) is 283 cm³/mol. The summed E-state index contributed by atoms with van der Waals surface area (Å²) in [6, 6.07) is 0. The summed E-state index contributed by atoms with van der Waals surface area (Å²) in [4.78, 5) is 13.1. The van der Waals surface area contributed by atoms with E-state index in [-0.39, 0.29) is 41.8 Å². The van der Waals surface area contributed by atoms with Gasteiger partial charge in [0.25, 0.3) is 0 Å². The second-order valence-corrected chi connectivity index (χ2v) is 27.0. The van der Waals surface area contributed by atoms with E-state index in [9.17, 15) is 89.3 Å². The van der Waals surface area contributed by atoms with Crippen molar-refractivity contribution in [2.75, 3.05) is 19.8 Å². The lowest BCUT2D eigenvalue weighted by atomic mass is 9.48. The summed E-state index contributed by atoms with van der Waals surface area (Å²) in [6.45, 7) is 7.63. The van der Waals surface area contributed by atoms with Crippen LogP contribution in [0.3, 0.4) is 0 Å². The van der Waals surface area contributed by atoms with E-state index in [0.29, 0.717) is 25.7 Å². The van der Waals surface area contributed by atoms with E-state index >= 15 is 0 Å². The fourth-order valence-electron chi connectivity index (χ4n) is 15.6. The zero-order valence-corrected chi connectivity index (χ0v) is 49.7. The molecule has 6 heterocycles. The minimum Gasteiger partial charge on any atom is -0.394 e. The van der Waals surface area contributed by atoms with Crippen LogP contribution in [0, 0.1) is 34.5 Å². The van der Waals surface area contributed by atoms with Crippen molar-refractivity contribution in [2.45, 2.75) is 271 Å². The maximum atomic E-state index is 13.1. The quantitative estimate of drug-likeness (QED) is 0.0477. The van der Waals surface area contributed by atoms with Gasteiger partial charge in [0, 0.05) is 5.92 Å². The third-order valence-corrected chi connectivity index (χ3v) is 21.1. The minimum atomic E-state index is -4.87. The number of ether oxygens (including phenoxy) is 12. The van der Waals surface area contributed by atoms with Crippen molar-refractivity contribution in [3.8, 4) is 0 Å². The topological polar surface area (TPSA) is 475 Å². The van der Waals surface area contributed by atoms with Gasteiger partial charge in [0.15, 0.2) is 37.7 Å². The van der Waals surface area contributed by atoms with E-state index in [2.05, 4.69) is 19.9 Å². The Bertz CT molecular complexity index is 2500. The van der Waals surface area contributed by atoms with Crippen LogP contribution in [0.1, 0.15) is 86.5 Å². The van der Waals surface area contributed by atoms with Crippen LogP contribution in [0.4, 0.5) is 0 Å². The predicted octanol–water partition coefficient (Wildman–Crippen LogP) is -5.38. The van der Waals surface area contributed by atoms with Gasteiger partial charge >= 0.3 is 10.4 Å². The van der Waals surface area contributed by atoms with Crippen LogP contribution in [0.25, 0.3) is 0 Å². The number of aliphatic hydroxyl groups excluding tert-OH is 14. The van der Waals surface area contributed by atoms with Crippen LogP contribution < -0.4 is 0 Å². The molecule has 0 bridgehead atoms. The lowest BCUT2D eigenvalue weighted by Crippen LogP contribution is -2.67. The number of allylic oxidation sites excluding steroid dienone is 2. The van der Waals surface area contributed by atoms with Crippen LogP contribution in [-0.2, 0) is 76.2 Å². The Morgan fingerprint density at radius 1 is 0.540 bits per heavy atom. The number of hydrogen-bond donors (Lipinski definition) is 15. The number of aliphatic hydroxyl groups is 14. The van der Waals surface area contributed by atoms with Gasteiger partial charge in [-0.2, -0.15) is 8.42 Å². The molecule has 9 fully saturated rings. The summed E-state index contributed by atoms with van der Waals surface area (Å²) in [5, 5.41) is 155. The molecule has 10 aliphatic rings. The molecule has 87 heavy (non-hydrogen) atoms. The summed E-state index contributed by atoms with van der Waals surface area (Å²) in [5.74, 6) is -0.607. The third kappa shape index (κ3) is 13.0. The van der Waals surface area contributed by atoms with Gasteiger partial charge in [-0.05, 0) is 101 Å². The van der Waals surface area contributed by atoms with Crippen LogP contribution in [-0.4, -0.2) is 294 Å². The molecule has 6 saturated heterocycles. The first-order chi connectivity index (χ1) is 40.9. The standard InChI is InChI=1S/C55H88O31S/c1-18(58)24-7-8-25-23-14-28(27-13-22(86-87(71,72)73)9-11-55(27,6)26(23)10-12-54(24,25)5)78-50-42(69)45(34(61)20(3)76-50)83-52-46(84-48-41(68)38(65)32(59)19(2)75-48)37(64)31(17-74-52)81-53-47(39(66)35(62)29(15-56)80-53)85-51-43(70)44(33(60)21(4)77-51)82-49-40(67)36(63)30(16-57)79-49/h10,19-25,27-53,56-57,59-70H,7-9,11-17H2,1-6H3,(H,71,72,73). The summed E-state index contributed by atoms with van der Waals surface area (Å²) in [5.41, 5.74) is 0.184. The fraction of sp³-hybridized carbons (Fsp3) is 0.945. The summed E-state index contributed by atoms with van der Waals surface area (Å²) in [7, 11) is -4.87. The number of carbonyl (C=O) groups is 1. The van der Waals surface area contributed by atoms with Gasteiger partial charge in [0.05, 0.1) is 50.3 Å². The minimum absolute atomic E-state index is 0.0596. The van der Waals surface area contributed by atoms with Crippen LogP contribution in [0.5, 0.6) is 0 Å². The zero-order chi connectivity index (χ0) is 63.3. The largest absolute Gasteiger partial charge is 0.397 e. The maximum absolute atomic E-state index is 13.1. The highest BCUT2D eigenvalue weighted by Gasteiger charge is 2.63. The molecule has 4 aliphatic carbocycles. The van der Waals surface area contributed by atoms with Gasteiger partial charge in [-0.25, -0.2) is 4.18 Å². The Hall–Kier alpha value is -1.76. The van der Waals surface area contributed by atoms with Crippen LogP contribution in [0.15, 0.2) is 11.6 Å². The number of fused-ring (bicyclic) bond motifs is 5. The lowest BCUT2D eigenvalue weighted by Gasteiger charge is -2.59. The van der Waals surface area contributed by atoms with E-state index in [4.69, 9.17) is 61.0 Å². The molecule has 3 saturated carbocycles. The number of Topliss-reactive ketones (excluding diaryl/α,β-unsaturated/α-hetero) is 1. The molecule has 0 amide bonds. The molecule has 6 aliphatic heterocycles. The van der Waals surface area contributed by atoms with E-state index in [0.717, 1.165) is 12.0 Å². The summed E-state index contributed by atoms with van der Waals surface area (Å²) >= 11 is 0. The Labute approximate surface area is 501 Å². The molecule has 0 aromatic carbocycles. The molecular weight excluding hydrogens is 1190 g/mol. The van der Waals surface area contributed by atoms with Crippen molar-refractivity contribution in [3.05, 3.63) is 11.6 Å². The van der Waals surface area contributed by atoms with E-state index in [1.165, 1.54) is 20.8 Å². The first-order valence-corrected chi connectivity index (χ1v) is 31.3. The average Bonchev–Trinajstić information content (AvgIpc) is 1.71. The van der Waals surface area contributed by atoms with E-state index in [1.54, 1.807) is 6.92 Å². The average molecular weight is 1280 g/mol. The van der Waals surface area contributed by atoms with Crippen molar-refractivity contribution >= 4 is 16.2 Å². The maximum Gasteiger partial charge on any atom is 0.397 e. The lowest BCUT2D eigenvalue weighted by molar-refractivity contribution is -0.400. The Balaban J connectivity index is 0.902. The molecule has 32 heteroatoms. The third-order valence-electron chi connectivity index (χ3n) is 20.6. The van der Waals surface area contributed by atoms with Gasteiger partial charge < -0.3 is 128 Å². The van der Waals surface area contributed by atoms with Gasteiger partial charge in [0.1, 0.15) is 122 Å². The van der Waals surface area contributed by atoms with Crippen LogP contribution in [0.2, 0.25) is 0 Å². The molecular formula is C55H88O31S. The monoisotopic (exact) mass is 1280 g/mol. The number of carbonyl (C=O) groups excluding carboxylic acids is 1. The zero-order valence-electron chi connectivity index (χ0n) is 48.9. The highest BCUT2D eigenvalue weighted by molar-refractivity contribution is 7.80. The molecule has 15 N–H and O–H groups in total. The van der Waals surface area contributed by atoms with Crippen molar-refractivity contribution < 1.29 is 150 Å². The number of ketones is 1. The molecule has 31 nitrogen and oxygen atoms in total. The molecule has 10 rings (SSSR count). The SMILES string of the molecule is CC(=O)C1CCC2C3CC(OC4OC(C)C(O)C(OC5OCC(OC6OC(CO)C(O)C(O)C6OC6OC(C)C(O)C(OC7OC(CO)C(O)C7O)C6O)C(O)C5OC5OC(C)C(O)C(O)C5O)C4O)C4CC(OS(=O)(=O)O)CCC4(C)C3=CCC12C. The Morgan fingerprint density at radius 2 is 1.03 bits per heavy atom. The molecule has 36 unspecified atom stereocenters. The van der Waals surface area contributed by atoms with Crippen molar-refractivity contribution in [1.82, 2.24) is 0 Å². The molecule has 0 radical (unpaired) electrons. The van der Waals surface area contributed by atoms with Gasteiger partial charge in [-0.15, -0.1) is 0 Å². The van der Waals surface area contributed by atoms with Gasteiger partial charge in [-0.1, -0.05) is 25.5 Å². The Morgan fingerprint density at radius 3 is 1.62 bits per heavy atom. The smallest absolute Gasteiger partial charge is 0.394 e. The number of rotatable bonds is 17. The normalized spacial score (nSPS) is 53.9. The van der Waals surface area contributed by atoms with E-state index < -0.39 is 226 Å². The second-order valence-electron chi connectivity index (χ2n) is 25.9. The van der Waals surface area contributed by atoms with E-state index in [1.807, 2.05) is 0 Å². The second kappa shape index (κ2) is 26.6. The summed E-state index contributed by atoms with van der Waals surface area (Å²) < 4.78 is 112. The molecule has 0 spiro atoms. The molecule has 0 aromatic heterocycles. The first kappa shape index (κ1) is 68.1. The Kier molecular flexibility index (Phi) is 20.8. The van der Waals surface area contributed by atoms with Gasteiger partial charge in [0.2, 0.25) is 0 Å². The highest BCUT2D eigenvalue weighted by atomic mass is 32.3. The van der Waals surface area contributed by atoms with Crippen molar-refractivity contribution in [3.63, 3.8) is 0 Å². The molecule has 500 valence electrons.